The maximum absolute atomic E-state index is 11.9. The summed E-state index contributed by atoms with van der Waals surface area (Å²) < 4.78 is 0. The van der Waals surface area contributed by atoms with Gasteiger partial charge in [0, 0.05) is 16.8 Å². The number of rotatable bonds is 5. The van der Waals surface area contributed by atoms with E-state index in [1.54, 1.807) is 24.3 Å². The molecule has 1 aromatic heterocycles. The Kier molecular flexibility index (Phi) is 3.79. The van der Waals surface area contributed by atoms with Crippen molar-refractivity contribution in [3.63, 3.8) is 0 Å². The molecular weight excluding hydrogens is 246 g/mol. The molecule has 0 aliphatic rings. The van der Waals surface area contributed by atoms with Gasteiger partial charge in [-0.25, -0.2) is 0 Å². The molecule has 0 radical (unpaired) electrons. The van der Waals surface area contributed by atoms with Gasteiger partial charge in [0.15, 0.2) is 5.69 Å². The zero-order chi connectivity index (χ0) is 13.8. The summed E-state index contributed by atoms with van der Waals surface area (Å²) in [6.07, 6.45) is 2.05. The third-order valence-electron chi connectivity index (χ3n) is 3.01. The van der Waals surface area contributed by atoms with Crippen LogP contribution in [0.5, 0.6) is 0 Å². The quantitative estimate of drug-likeness (QED) is 0.389. The van der Waals surface area contributed by atoms with Crippen LogP contribution in [-0.4, -0.2) is 10.1 Å². The van der Waals surface area contributed by atoms with Gasteiger partial charge in [-0.15, -0.1) is 4.91 Å². The summed E-state index contributed by atoms with van der Waals surface area (Å²) in [4.78, 5) is 11.8. The molecule has 100 valence electrons. The molecule has 1 N–H and O–H groups in total. The fourth-order valence-corrected chi connectivity index (χ4v) is 2.03. The van der Waals surface area contributed by atoms with Crippen molar-refractivity contribution >= 4 is 5.69 Å². The smallest absolute Gasteiger partial charge is 0.254 e. The largest absolute Gasteiger partial charge is 0.593 e. The molecule has 0 saturated heterocycles. The molecule has 0 amide bonds. The van der Waals surface area contributed by atoms with Crippen LogP contribution in [0.3, 0.4) is 0 Å². The highest BCUT2D eigenvalue weighted by atomic mass is 16.6. The Bertz CT molecular complexity index is 579. The molecule has 6 nitrogen and oxygen atoms in total. The Morgan fingerprint density at radius 3 is 2.63 bits per heavy atom. The molecule has 1 aromatic carbocycles. The van der Waals surface area contributed by atoms with Crippen molar-refractivity contribution < 1.29 is 10.1 Å². The summed E-state index contributed by atoms with van der Waals surface area (Å²) in [6, 6.07) is 8.75. The van der Waals surface area contributed by atoms with Gasteiger partial charge in [0.1, 0.15) is 0 Å². The average molecular weight is 261 g/mol. The van der Waals surface area contributed by atoms with Crippen molar-refractivity contribution in [3.05, 3.63) is 46.1 Å². The lowest BCUT2D eigenvalue weighted by molar-refractivity contribution is -0.730. The Balaban J connectivity index is 2.58. The standard InChI is InChI=1S/C13H15N3O3/c1-2-3-9-11-12(14-17)13(16(19)15(11)18)10-7-5-4-6-8-10/h4-8,19H,2-3,9H2,1H3. The van der Waals surface area contributed by atoms with Crippen LogP contribution in [0.1, 0.15) is 25.5 Å². The molecule has 0 aliphatic carbocycles. The Morgan fingerprint density at radius 2 is 2.05 bits per heavy atom. The number of hydrogen-bond acceptors (Lipinski definition) is 4. The normalized spacial score (nSPS) is 10.6. The van der Waals surface area contributed by atoms with E-state index in [2.05, 4.69) is 5.18 Å². The van der Waals surface area contributed by atoms with E-state index in [1.165, 1.54) is 0 Å². The Morgan fingerprint density at radius 1 is 1.37 bits per heavy atom. The summed E-state index contributed by atoms with van der Waals surface area (Å²) in [5.74, 6) is 0. The third kappa shape index (κ3) is 2.29. The predicted octanol–water partition coefficient (Wildman–Crippen LogP) is 2.77. The van der Waals surface area contributed by atoms with Gasteiger partial charge in [-0.1, -0.05) is 43.7 Å². The van der Waals surface area contributed by atoms with Gasteiger partial charge in [-0.05, 0) is 16.4 Å². The number of unbranched alkanes of at least 4 members (excludes halogenated alkanes) is 1. The van der Waals surface area contributed by atoms with E-state index in [4.69, 9.17) is 0 Å². The number of benzene rings is 1. The van der Waals surface area contributed by atoms with Crippen LogP contribution < -0.4 is 4.85 Å². The molecule has 1 heterocycles. The van der Waals surface area contributed by atoms with E-state index in [0.717, 1.165) is 12.8 Å². The first-order valence-electron chi connectivity index (χ1n) is 6.16. The third-order valence-corrected chi connectivity index (χ3v) is 3.01. The molecule has 2 rings (SSSR count). The van der Waals surface area contributed by atoms with Crippen molar-refractivity contribution in [2.24, 2.45) is 5.18 Å². The molecule has 0 aliphatic heterocycles. The van der Waals surface area contributed by atoms with Gasteiger partial charge < -0.3 is 10.4 Å². The molecule has 19 heavy (non-hydrogen) atoms. The van der Waals surface area contributed by atoms with Crippen molar-refractivity contribution in [1.82, 2.24) is 4.85 Å². The van der Waals surface area contributed by atoms with Gasteiger partial charge >= 0.3 is 0 Å². The van der Waals surface area contributed by atoms with E-state index >= 15 is 0 Å². The van der Waals surface area contributed by atoms with Crippen LogP contribution >= 0.6 is 0 Å². The van der Waals surface area contributed by atoms with Gasteiger partial charge in [0.05, 0.1) is 0 Å². The number of nitrogens with zero attached hydrogens (tertiary/aromatic N) is 3. The highest BCUT2D eigenvalue weighted by molar-refractivity contribution is 5.72. The monoisotopic (exact) mass is 261 g/mol. The molecule has 0 bridgehead atoms. The lowest BCUT2D eigenvalue weighted by atomic mass is 10.1. The maximum atomic E-state index is 11.9. The van der Waals surface area contributed by atoms with E-state index < -0.39 is 0 Å². The SMILES string of the molecule is CCCCc1c(N=O)c(-c2ccccc2)n(O)[n+]1[O-]. The number of hydrogen-bond donors (Lipinski definition) is 1. The minimum absolute atomic E-state index is 0.0113. The summed E-state index contributed by atoms with van der Waals surface area (Å²) in [5, 5.41) is 24.7. The topological polar surface area (TPSA) is 81.5 Å². The molecule has 6 heteroatoms. The fraction of sp³-hybridized carbons (Fsp3) is 0.308. The first-order chi connectivity index (χ1) is 9.20. The van der Waals surface area contributed by atoms with Crippen molar-refractivity contribution in [2.75, 3.05) is 0 Å². The van der Waals surface area contributed by atoms with Crippen LogP contribution in [0.25, 0.3) is 11.3 Å². The number of nitroso groups, excluding NO2 is 1. The van der Waals surface area contributed by atoms with Crippen LogP contribution in [0.15, 0.2) is 35.5 Å². The zero-order valence-electron chi connectivity index (χ0n) is 10.6. The van der Waals surface area contributed by atoms with Crippen LogP contribution in [0, 0.1) is 10.1 Å². The molecule has 0 atom stereocenters. The van der Waals surface area contributed by atoms with Gasteiger partial charge in [-0.3, -0.25) is 0 Å². The van der Waals surface area contributed by atoms with E-state index in [-0.39, 0.29) is 17.1 Å². The van der Waals surface area contributed by atoms with E-state index in [9.17, 15) is 15.3 Å². The molecule has 0 saturated carbocycles. The lowest BCUT2D eigenvalue weighted by Crippen LogP contribution is -2.39. The van der Waals surface area contributed by atoms with Crippen molar-refractivity contribution in [3.8, 4) is 11.3 Å². The Labute approximate surface area is 110 Å². The summed E-state index contributed by atoms with van der Waals surface area (Å²) in [5.41, 5.74) is 0.930. The molecule has 0 fully saturated rings. The van der Waals surface area contributed by atoms with Crippen molar-refractivity contribution in [1.29, 1.82) is 0 Å². The molecule has 2 aromatic rings. The summed E-state index contributed by atoms with van der Waals surface area (Å²) in [6.45, 7) is 1.98. The first-order valence-corrected chi connectivity index (χ1v) is 6.16. The number of aromatic nitrogens is 2. The summed E-state index contributed by atoms with van der Waals surface area (Å²) in [7, 11) is 0. The van der Waals surface area contributed by atoms with Crippen LogP contribution in [0.2, 0.25) is 0 Å². The van der Waals surface area contributed by atoms with Gasteiger partial charge in [0.25, 0.3) is 5.69 Å². The fourth-order valence-electron chi connectivity index (χ4n) is 2.03. The average Bonchev–Trinajstić information content (AvgIpc) is 2.69. The van der Waals surface area contributed by atoms with E-state index in [1.807, 2.05) is 13.0 Å². The minimum Gasteiger partial charge on any atom is -0.593 e. The van der Waals surface area contributed by atoms with E-state index in [0.29, 0.717) is 21.7 Å². The van der Waals surface area contributed by atoms with Crippen molar-refractivity contribution in [2.45, 2.75) is 26.2 Å². The first kappa shape index (κ1) is 13.1. The minimum atomic E-state index is 0.0113. The maximum Gasteiger partial charge on any atom is 0.254 e. The second kappa shape index (κ2) is 5.51. The lowest BCUT2D eigenvalue weighted by Gasteiger charge is -1.99. The highest BCUT2D eigenvalue weighted by Crippen LogP contribution is 2.32. The zero-order valence-corrected chi connectivity index (χ0v) is 10.6. The Hall–Kier alpha value is -2.37. The summed E-state index contributed by atoms with van der Waals surface area (Å²) >= 11 is 0. The second-order valence-electron chi connectivity index (χ2n) is 4.27. The molecular formula is C13H15N3O3. The molecule has 0 unspecified atom stereocenters. The molecule has 0 spiro atoms. The van der Waals surface area contributed by atoms with Crippen LogP contribution in [-0.2, 0) is 6.42 Å². The highest BCUT2D eigenvalue weighted by Gasteiger charge is 2.29. The predicted molar refractivity (Wildman–Crippen MR) is 70.1 cm³/mol. The second-order valence-corrected chi connectivity index (χ2v) is 4.27. The van der Waals surface area contributed by atoms with Gasteiger partial charge in [-0.2, -0.15) is 0 Å². The van der Waals surface area contributed by atoms with Crippen LogP contribution in [0.4, 0.5) is 5.69 Å². The van der Waals surface area contributed by atoms with Gasteiger partial charge in [0.2, 0.25) is 5.69 Å².